The summed E-state index contributed by atoms with van der Waals surface area (Å²) in [5.41, 5.74) is 1.93. The first kappa shape index (κ1) is 14.2. The third-order valence-electron chi connectivity index (χ3n) is 2.95. The van der Waals surface area contributed by atoms with E-state index in [0.717, 1.165) is 11.1 Å². The van der Waals surface area contributed by atoms with Gasteiger partial charge < -0.3 is 0 Å². The summed E-state index contributed by atoms with van der Waals surface area (Å²) >= 11 is 8.91. The minimum Gasteiger partial charge on any atom is -0.294 e. The maximum atomic E-state index is 13.9. The van der Waals surface area contributed by atoms with Crippen LogP contribution < -0.4 is 0 Å². The molecule has 0 aliphatic rings. The number of hydrogen-bond acceptors (Lipinski definition) is 1. The number of carbonyl (C=O) groups excluding carboxylic acids is 1. The molecule has 0 bridgehead atoms. The van der Waals surface area contributed by atoms with Crippen LogP contribution in [-0.2, 0) is 6.42 Å². The second-order valence-electron chi connectivity index (χ2n) is 4.25. The maximum Gasteiger partial charge on any atom is 0.170 e. The molecule has 2 aromatic carbocycles. The highest BCUT2D eigenvalue weighted by Crippen LogP contribution is 2.28. The van der Waals surface area contributed by atoms with Gasteiger partial charge in [-0.05, 0) is 46.1 Å². The zero-order chi connectivity index (χ0) is 14.0. The van der Waals surface area contributed by atoms with Crippen molar-refractivity contribution in [1.82, 2.24) is 0 Å². The Kier molecular flexibility index (Phi) is 4.38. The van der Waals surface area contributed by atoms with Gasteiger partial charge in [-0.2, -0.15) is 0 Å². The van der Waals surface area contributed by atoms with Crippen LogP contribution in [0.15, 0.2) is 40.9 Å². The molecular formula is C15H11BrClFO. The average Bonchev–Trinajstić information content (AvgIpc) is 2.39. The van der Waals surface area contributed by atoms with E-state index in [9.17, 15) is 9.18 Å². The number of benzene rings is 2. The largest absolute Gasteiger partial charge is 0.294 e. The summed E-state index contributed by atoms with van der Waals surface area (Å²) in [4.78, 5) is 12.1. The van der Waals surface area contributed by atoms with Gasteiger partial charge in [0.15, 0.2) is 11.6 Å². The number of halogens is 3. The van der Waals surface area contributed by atoms with Crippen molar-refractivity contribution in [3.8, 4) is 0 Å². The minimum absolute atomic E-state index is 0.0245. The lowest BCUT2D eigenvalue weighted by Crippen LogP contribution is -2.07. The Bertz CT molecular complexity index is 640. The van der Waals surface area contributed by atoms with E-state index < -0.39 is 5.82 Å². The van der Waals surface area contributed by atoms with Crippen molar-refractivity contribution >= 4 is 33.3 Å². The zero-order valence-corrected chi connectivity index (χ0v) is 12.6. The van der Waals surface area contributed by atoms with Gasteiger partial charge in [-0.25, -0.2) is 4.39 Å². The summed E-state index contributed by atoms with van der Waals surface area (Å²) in [7, 11) is 0. The normalized spacial score (nSPS) is 10.5. The van der Waals surface area contributed by atoms with Gasteiger partial charge in [0, 0.05) is 10.9 Å². The Balaban J connectivity index is 2.31. The fourth-order valence-corrected chi connectivity index (χ4v) is 2.29. The SMILES string of the molecule is Cc1ccccc1CC(=O)c1ccc(Br)c(Cl)c1F. The van der Waals surface area contributed by atoms with Gasteiger partial charge in [0.05, 0.1) is 10.6 Å². The van der Waals surface area contributed by atoms with Gasteiger partial charge in [0.2, 0.25) is 0 Å². The van der Waals surface area contributed by atoms with Crippen molar-refractivity contribution in [2.24, 2.45) is 0 Å². The first-order valence-corrected chi connectivity index (χ1v) is 6.89. The lowest BCUT2D eigenvalue weighted by atomic mass is 9.99. The van der Waals surface area contributed by atoms with Crippen molar-refractivity contribution in [3.05, 3.63) is 68.4 Å². The first-order chi connectivity index (χ1) is 9.00. The van der Waals surface area contributed by atoms with Crippen LogP contribution in [0.3, 0.4) is 0 Å². The van der Waals surface area contributed by atoms with E-state index in [1.54, 1.807) is 6.07 Å². The molecule has 0 amide bonds. The van der Waals surface area contributed by atoms with E-state index in [4.69, 9.17) is 11.6 Å². The molecule has 98 valence electrons. The Morgan fingerprint density at radius 1 is 1.26 bits per heavy atom. The molecular weight excluding hydrogens is 331 g/mol. The molecule has 0 unspecified atom stereocenters. The molecule has 19 heavy (non-hydrogen) atoms. The molecule has 0 radical (unpaired) electrons. The highest BCUT2D eigenvalue weighted by Gasteiger charge is 2.17. The fourth-order valence-electron chi connectivity index (χ4n) is 1.82. The third kappa shape index (κ3) is 3.04. The van der Waals surface area contributed by atoms with Crippen LogP contribution >= 0.6 is 27.5 Å². The molecule has 0 spiro atoms. The molecule has 0 heterocycles. The van der Waals surface area contributed by atoms with Crippen molar-refractivity contribution in [2.45, 2.75) is 13.3 Å². The van der Waals surface area contributed by atoms with E-state index in [2.05, 4.69) is 15.9 Å². The van der Waals surface area contributed by atoms with E-state index in [1.165, 1.54) is 6.07 Å². The van der Waals surface area contributed by atoms with Gasteiger partial charge in [-0.1, -0.05) is 35.9 Å². The lowest BCUT2D eigenvalue weighted by molar-refractivity contribution is 0.0989. The molecule has 0 saturated carbocycles. The Morgan fingerprint density at radius 2 is 1.95 bits per heavy atom. The summed E-state index contributed by atoms with van der Waals surface area (Å²) < 4.78 is 14.4. The summed E-state index contributed by atoms with van der Waals surface area (Å²) in [6.45, 7) is 1.92. The van der Waals surface area contributed by atoms with Crippen molar-refractivity contribution in [1.29, 1.82) is 0 Å². The molecule has 4 heteroatoms. The molecule has 0 N–H and O–H groups in total. The van der Waals surface area contributed by atoms with E-state index in [1.807, 2.05) is 31.2 Å². The van der Waals surface area contributed by atoms with E-state index in [0.29, 0.717) is 4.47 Å². The molecule has 0 saturated heterocycles. The average molecular weight is 342 g/mol. The van der Waals surface area contributed by atoms with E-state index >= 15 is 0 Å². The number of hydrogen-bond donors (Lipinski definition) is 0. The first-order valence-electron chi connectivity index (χ1n) is 5.72. The van der Waals surface area contributed by atoms with Crippen LogP contribution in [0.5, 0.6) is 0 Å². The minimum atomic E-state index is -0.672. The molecule has 2 rings (SSSR count). The second kappa shape index (κ2) is 5.85. The monoisotopic (exact) mass is 340 g/mol. The highest BCUT2D eigenvalue weighted by atomic mass is 79.9. The van der Waals surface area contributed by atoms with Crippen molar-refractivity contribution in [2.75, 3.05) is 0 Å². The maximum absolute atomic E-state index is 13.9. The van der Waals surface area contributed by atoms with Crippen LogP contribution in [0, 0.1) is 12.7 Å². The Morgan fingerprint density at radius 3 is 2.63 bits per heavy atom. The standard InChI is InChI=1S/C15H11BrClFO/c1-9-4-2-3-5-10(9)8-13(19)11-6-7-12(16)14(17)15(11)18/h2-7H,8H2,1H3. The summed E-state index contributed by atoms with van der Waals surface area (Å²) in [6.07, 6.45) is 0.168. The molecule has 2 aromatic rings. The second-order valence-corrected chi connectivity index (χ2v) is 5.48. The molecule has 0 aromatic heterocycles. The summed E-state index contributed by atoms with van der Waals surface area (Å²) in [5, 5.41) is -0.0596. The summed E-state index contributed by atoms with van der Waals surface area (Å²) in [6, 6.07) is 10.6. The van der Waals surface area contributed by atoms with Gasteiger partial charge >= 0.3 is 0 Å². The number of rotatable bonds is 3. The summed E-state index contributed by atoms with van der Waals surface area (Å²) in [5.74, 6) is -0.948. The van der Waals surface area contributed by atoms with Crippen LogP contribution in [0.2, 0.25) is 5.02 Å². The Labute approximate surface area is 124 Å². The predicted molar refractivity (Wildman–Crippen MR) is 78.3 cm³/mol. The number of aryl methyl sites for hydroxylation is 1. The third-order valence-corrected chi connectivity index (χ3v) is 4.21. The molecule has 0 fully saturated rings. The lowest BCUT2D eigenvalue weighted by Gasteiger charge is -2.07. The predicted octanol–water partition coefficient (Wildman–Crippen LogP) is 4.98. The van der Waals surface area contributed by atoms with E-state index in [-0.39, 0.29) is 22.8 Å². The van der Waals surface area contributed by atoms with Crippen molar-refractivity contribution in [3.63, 3.8) is 0 Å². The Hall–Kier alpha value is -1.19. The van der Waals surface area contributed by atoms with Crippen LogP contribution in [0.4, 0.5) is 4.39 Å². The van der Waals surface area contributed by atoms with Crippen LogP contribution in [0.25, 0.3) is 0 Å². The van der Waals surface area contributed by atoms with Gasteiger partial charge in [0.1, 0.15) is 0 Å². The molecule has 1 nitrogen and oxygen atoms in total. The fraction of sp³-hybridized carbons (Fsp3) is 0.133. The molecule has 0 atom stereocenters. The zero-order valence-electron chi connectivity index (χ0n) is 10.2. The van der Waals surface area contributed by atoms with Gasteiger partial charge in [-0.3, -0.25) is 4.79 Å². The quantitative estimate of drug-likeness (QED) is 0.569. The van der Waals surface area contributed by atoms with Crippen molar-refractivity contribution < 1.29 is 9.18 Å². The van der Waals surface area contributed by atoms with Gasteiger partial charge in [-0.15, -0.1) is 0 Å². The smallest absolute Gasteiger partial charge is 0.170 e. The van der Waals surface area contributed by atoms with Crippen LogP contribution in [0.1, 0.15) is 21.5 Å². The topological polar surface area (TPSA) is 17.1 Å². The van der Waals surface area contributed by atoms with Crippen LogP contribution in [-0.4, -0.2) is 5.78 Å². The molecule has 0 aliphatic carbocycles. The number of carbonyl (C=O) groups is 1. The number of Topliss-reactive ketones (excluding diaryl/α,β-unsaturated/α-hetero) is 1. The molecule has 0 aliphatic heterocycles. The number of ketones is 1. The highest BCUT2D eigenvalue weighted by molar-refractivity contribution is 9.10. The van der Waals surface area contributed by atoms with Gasteiger partial charge in [0.25, 0.3) is 0 Å².